The van der Waals surface area contributed by atoms with E-state index in [0.29, 0.717) is 18.7 Å². The van der Waals surface area contributed by atoms with Crippen LogP contribution in [0.1, 0.15) is 37.6 Å². The van der Waals surface area contributed by atoms with Crippen molar-refractivity contribution in [3.05, 3.63) is 53.6 Å². The summed E-state index contributed by atoms with van der Waals surface area (Å²) >= 11 is 0. The van der Waals surface area contributed by atoms with Crippen LogP contribution in [0.25, 0.3) is 6.08 Å². The number of hydrogen-bond donors (Lipinski definition) is 1. The molecule has 3 rings (SSSR count). The molecule has 1 saturated heterocycles. The van der Waals surface area contributed by atoms with Crippen molar-refractivity contribution >= 4 is 6.08 Å². The summed E-state index contributed by atoms with van der Waals surface area (Å²) in [5, 5.41) is 19.1. The molecule has 2 aromatic rings. The second kappa shape index (κ2) is 6.83. The summed E-state index contributed by atoms with van der Waals surface area (Å²) in [6.45, 7) is 6.14. The highest BCUT2D eigenvalue weighted by Crippen LogP contribution is 2.30. The normalized spacial score (nSPS) is 22.0. The highest BCUT2D eigenvalue weighted by molar-refractivity contribution is 5.49. The number of rotatable bonds is 5. The maximum Gasteiger partial charge on any atom is 0.124 e. The molecule has 1 atom stereocenters. The second-order valence-electron chi connectivity index (χ2n) is 6.65. The number of β-amino-alcohol motifs (C(OH)–C–C–N with tert-alkyl or cyclic N) is 1. The van der Waals surface area contributed by atoms with Gasteiger partial charge in [0.25, 0.3) is 0 Å². The lowest BCUT2D eigenvalue weighted by Crippen LogP contribution is -2.31. The quantitative estimate of drug-likeness (QED) is 0.915. The van der Waals surface area contributed by atoms with E-state index in [-0.39, 0.29) is 11.9 Å². The molecule has 24 heavy (non-hydrogen) atoms. The van der Waals surface area contributed by atoms with Crippen molar-refractivity contribution in [3.8, 4) is 0 Å². The van der Waals surface area contributed by atoms with Gasteiger partial charge in [-0.25, -0.2) is 9.07 Å². The monoisotopic (exact) mass is 330 g/mol. The summed E-state index contributed by atoms with van der Waals surface area (Å²) in [4.78, 5) is 2.18. The zero-order valence-corrected chi connectivity index (χ0v) is 14.1. The van der Waals surface area contributed by atoms with Gasteiger partial charge in [-0.3, -0.25) is 4.90 Å². The molecule has 0 spiro atoms. The molecule has 1 aliphatic heterocycles. The summed E-state index contributed by atoms with van der Waals surface area (Å²) in [5.41, 5.74) is 0.670. The molecule has 0 radical (unpaired) electrons. The zero-order valence-electron chi connectivity index (χ0n) is 14.1. The van der Waals surface area contributed by atoms with Crippen LogP contribution in [0.15, 0.2) is 36.5 Å². The number of hydrogen-bond acceptors (Lipinski definition) is 4. The molecule has 0 saturated carbocycles. The maximum absolute atomic E-state index is 12.9. The van der Waals surface area contributed by atoms with Crippen molar-refractivity contribution in [2.24, 2.45) is 0 Å². The van der Waals surface area contributed by atoms with Gasteiger partial charge >= 0.3 is 0 Å². The van der Waals surface area contributed by atoms with Gasteiger partial charge < -0.3 is 5.11 Å². The molecule has 0 bridgehead atoms. The molecule has 5 nitrogen and oxygen atoms in total. The average Bonchev–Trinajstić information content (AvgIpc) is 3.18. The van der Waals surface area contributed by atoms with Crippen LogP contribution in [0.5, 0.6) is 0 Å². The zero-order chi connectivity index (χ0) is 17.2. The van der Waals surface area contributed by atoms with Crippen LogP contribution in [0, 0.1) is 5.82 Å². The van der Waals surface area contributed by atoms with Crippen LogP contribution in [0.3, 0.4) is 0 Å². The average molecular weight is 330 g/mol. The summed E-state index contributed by atoms with van der Waals surface area (Å²) in [7, 11) is 0. The van der Waals surface area contributed by atoms with E-state index in [1.165, 1.54) is 12.1 Å². The van der Waals surface area contributed by atoms with Gasteiger partial charge in [0.1, 0.15) is 17.1 Å². The topological polar surface area (TPSA) is 54.2 Å². The number of halogens is 1. The lowest BCUT2D eigenvalue weighted by atomic mass is 10.00. The van der Waals surface area contributed by atoms with E-state index in [1.54, 1.807) is 16.8 Å². The van der Waals surface area contributed by atoms with Gasteiger partial charge in [0.15, 0.2) is 0 Å². The van der Waals surface area contributed by atoms with Gasteiger partial charge in [-0.15, -0.1) is 5.10 Å². The molecule has 0 aliphatic carbocycles. The largest absolute Gasteiger partial charge is 0.382 e. The lowest BCUT2D eigenvalue weighted by molar-refractivity contribution is 0.0429. The van der Waals surface area contributed by atoms with E-state index < -0.39 is 5.60 Å². The molecule has 0 amide bonds. The number of benzene rings is 1. The predicted octanol–water partition coefficient (Wildman–Crippen LogP) is 2.60. The minimum absolute atomic E-state index is 0.228. The van der Waals surface area contributed by atoms with Crippen LogP contribution >= 0.6 is 0 Å². The van der Waals surface area contributed by atoms with E-state index in [2.05, 4.69) is 15.2 Å². The fourth-order valence-electron chi connectivity index (χ4n) is 2.89. The Morgan fingerprint density at radius 2 is 2.08 bits per heavy atom. The Kier molecular flexibility index (Phi) is 4.78. The van der Waals surface area contributed by atoms with E-state index in [0.717, 1.165) is 18.7 Å². The Labute approximate surface area is 141 Å². The van der Waals surface area contributed by atoms with Gasteiger partial charge in [0.05, 0.1) is 6.20 Å². The number of nitrogens with zero attached hydrogens (tertiary/aromatic N) is 4. The van der Waals surface area contributed by atoms with Crippen molar-refractivity contribution in [1.29, 1.82) is 0 Å². The van der Waals surface area contributed by atoms with Gasteiger partial charge in [0.2, 0.25) is 0 Å². The van der Waals surface area contributed by atoms with E-state index >= 15 is 0 Å². The summed E-state index contributed by atoms with van der Waals surface area (Å²) in [6.07, 6.45) is 6.48. The van der Waals surface area contributed by atoms with E-state index in [1.807, 2.05) is 32.2 Å². The minimum Gasteiger partial charge on any atom is -0.382 e. The van der Waals surface area contributed by atoms with Crippen molar-refractivity contribution < 1.29 is 9.50 Å². The minimum atomic E-state index is -0.934. The lowest BCUT2D eigenvalue weighted by Gasteiger charge is -2.20. The third kappa shape index (κ3) is 3.71. The molecule has 1 unspecified atom stereocenters. The predicted molar refractivity (Wildman–Crippen MR) is 90.8 cm³/mol. The molecule has 2 heterocycles. The standard InChI is InChI=1S/C18H23FN4O/c1-14(2)23-12-17(20-21-23)18(24)9-11-22(13-18)10-3-4-15-5-7-16(19)8-6-15/h3-8,12,14,24H,9-11,13H2,1-2H3/b4-3+. The number of likely N-dealkylation sites (tertiary alicyclic amines) is 1. The Bertz CT molecular complexity index is 710. The Morgan fingerprint density at radius 3 is 2.75 bits per heavy atom. The summed E-state index contributed by atoms with van der Waals surface area (Å²) < 4.78 is 14.6. The molecule has 6 heteroatoms. The first-order valence-electron chi connectivity index (χ1n) is 8.25. The van der Waals surface area contributed by atoms with Crippen LogP contribution in [-0.2, 0) is 5.60 Å². The molecule has 1 aromatic carbocycles. The fourth-order valence-corrected chi connectivity index (χ4v) is 2.89. The van der Waals surface area contributed by atoms with Crippen molar-refractivity contribution in [3.63, 3.8) is 0 Å². The highest BCUT2D eigenvalue weighted by Gasteiger charge is 2.39. The number of aromatic nitrogens is 3. The van der Waals surface area contributed by atoms with E-state index in [4.69, 9.17) is 0 Å². The fraction of sp³-hybridized carbons (Fsp3) is 0.444. The molecule has 1 aliphatic rings. The van der Waals surface area contributed by atoms with Gasteiger partial charge in [-0.1, -0.05) is 29.5 Å². The molecule has 1 N–H and O–H groups in total. The first-order chi connectivity index (χ1) is 11.5. The summed E-state index contributed by atoms with van der Waals surface area (Å²) in [5.74, 6) is -0.230. The Hall–Kier alpha value is -2.05. The molecular formula is C18H23FN4O. The molecule has 1 fully saturated rings. The third-order valence-electron chi connectivity index (χ3n) is 4.39. The Morgan fingerprint density at radius 1 is 1.33 bits per heavy atom. The maximum atomic E-state index is 12.9. The van der Waals surface area contributed by atoms with Crippen LogP contribution in [0.4, 0.5) is 4.39 Å². The van der Waals surface area contributed by atoms with Crippen LogP contribution < -0.4 is 0 Å². The summed E-state index contributed by atoms with van der Waals surface area (Å²) in [6, 6.07) is 6.62. The van der Waals surface area contributed by atoms with Gasteiger partial charge in [-0.2, -0.15) is 0 Å². The van der Waals surface area contributed by atoms with Crippen molar-refractivity contribution in [2.75, 3.05) is 19.6 Å². The van der Waals surface area contributed by atoms with Crippen LogP contribution in [-0.4, -0.2) is 44.6 Å². The van der Waals surface area contributed by atoms with Crippen molar-refractivity contribution in [1.82, 2.24) is 19.9 Å². The smallest absolute Gasteiger partial charge is 0.124 e. The second-order valence-corrected chi connectivity index (χ2v) is 6.65. The van der Waals surface area contributed by atoms with E-state index in [9.17, 15) is 9.50 Å². The molecule has 128 valence electrons. The Balaban J connectivity index is 1.59. The number of aliphatic hydroxyl groups is 1. The van der Waals surface area contributed by atoms with Gasteiger partial charge in [-0.05, 0) is 38.0 Å². The molecular weight excluding hydrogens is 307 g/mol. The SMILES string of the molecule is CC(C)n1cc(C2(O)CCN(C/C=C/c3ccc(F)cc3)C2)nn1. The molecule has 1 aromatic heterocycles. The third-order valence-corrected chi connectivity index (χ3v) is 4.39. The van der Waals surface area contributed by atoms with Crippen molar-refractivity contribution in [2.45, 2.75) is 31.9 Å². The van der Waals surface area contributed by atoms with Crippen LogP contribution in [0.2, 0.25) is 0 Å². The first-order valence-corrected chi connectivity index (χ1v) is 8.25. The first kappa shape index (κ1) is 16.8. The highest BCUT2D eigenvalue weighted by atomic mass is 19.1. The van der Waals surface area contributed by atoms with Gasteiger partial charge in [0, 0.05) is 25.7 Å².